The molecule has 0 aliphatic carbocycles. The van der Waals surface area contributed by atoms with Gasteiger partial charge in [-0.3, -0.25) is 4.72 Å². The predicted octanol–water partition coefficient (Wildman–Crippen LogP) is 4.51. The molecule has 0 atom stereocenters. The van der Waals surface area contributed by atoms with E-state index in [9.17, 15) is 17.2 Å². The van der Waals surface area contributed by atoms with Crippen LogP contribution in [0.5, 0.6) is 0 Å². The van der Waals surface area contributed by atoms with E-state index in [2.05, 4.69) is 10.0 Å². The number of nitrogens with one attached hydrogen (secondary N) is 2. The van der Waals surface area contributed by atoms with Crippen molar-refractivity contribution in [3.63, 3.8) is 0 Å². The van der Waals surface area contributed by atoms with Gasteiger partial charge in [0.1, 0.15) is 11.6 Å². The molecule has 0 aromatic heterocycles. The van der Waals surface area contributed by atoms with Gasteiger partial charge >= 0.3 is 0 Å². The fourth-order valence-corrected chi connectivity index (χ4v) is 3.24. The summed E-state index contributed by atoms with van der Waals surface area (Å²) in [5, 5.41) is 3.01. The molecule has 3 aromatic carbocycles. The van der Waals surface area contributed by atoms with Gasteiger partial charge < -0.3 is 5.32 Å². The molecular weight excluding hydrogens is 346 g/mol. The van der Waals surface area contributed by atoms with Crippen LogP contribution in [-0.4, -0.2) is 8.42 Å². The van der Waals surface area contributed by atoms with Crippen molar-refractivity contribution in [2.45, 2.75) is 4.90 Å². The Bertz CT molecular complexity index is 973. The number of halogens is 2. The lowest BCUT2D eigenvalue weighted by atomic mass is 10.2. The Kier molecular flexibility index (Phi) is 4.67. The molecule has 128 valence electrons. The van der Waals surface area contributed by atoms with Gasteiger partial charge in [0.2, 0.25) is 0 Å². The molecule has 25 heavy (non-hydrogen) atoms. The summed E-state index contributed by atoms with van der Waals surface area (Å²) in [6.45, 7) is 0. The molecule has 0 fully saturated rings. The second kappa shape index (κ2) is 6.90. The Hall–Kier alpha value is -2.93. The molecule has 4 nitrogen and oxygen atoms in total. The van der Waals surface area contributed by atoms with Gasteiger partial charge in [0.05, 0.1) is 4.90 Å². The van der Waals surface area contributed by atoms with Gasteiger partial charge in [-0.25, -0.2) is 17.2 Å². The Balaban J connectivity index is 1.73. The lowest BCUT2D eigenvalue weighted by Gasteiger charge is -2.10. The van der Waals surface area contributed by atoms with E-state index in [4.69, 9.17) is 0 Å². The molecule has 0 heterocycles. The van der Waals surface area contributed by atoms with Crippen LogP contribution in [0.2, 0.25) is 0 Å². The monoisotopic (exact) mass is 360 g/mol. The van der Waals surface area contributed by atoms with Crippen molar-refractivity contribution < 1.29 is 17.2 Å². The average Bonchev–Trinajstić information content (AvgIpc) is 2.57. The number of anilines is 3. The molecular formula is C18H14F2N2O2S. The molecule has 2 N–H and O–H groups in total. The van der Waals surface area contributed by atoms with Crippen LogP contribution in [0.3, 0.4) is 0 Å². The molecule has 0 saturated carbocycles. The van der Waals surface area contributed by atoms with E-state index in [1.54, 1.807) is 36.4 Å². The van der Waals surface area contributed by atoms with E-state index >= 15 is 0 Å². The third kappa shape index (κ3) is 4.33. The Morgan fingerprint density at radius 3 is 1.96 bits per heavy atom. The van der Waals surface area contributed by atoms with Crippen LogP contribution in [0.15, 0.2) is 77.7 Å². The van der Waals surface area contributed by atoms with Crippen LogP contribution in [0, 0.1) is 11.6 Å². The number of hydrogen-bond acceptors (Lipinski definition) is 3. The first-order valence-corrected chi connectivity index (χ1v) is 8.82. The second-order valence-electron chi connectivity index (χ2n) is 5.27. The molecule has 7 heteroatoms. The van der Waals surface area contributed by atoms with Crippen molar-refractivity contribution >= 4 is 27.1 Å². The highest BCUT2D eigenvalue weighted by molar-refractivity contribution is 7.92. The zero-order valence-corrected chi connectivity index (χ0v) is 13.7. The number of rotatable bonds is 5. The third-order valence-electron chi connectivity index (χ3n) is 3.37. The van der Waals surface area contributed by atoms with E-state index in [1.807, 2.05) is 0 Å². The standard InChI is InChI=1S/C18H14F2N2O2S/c19-13-4-10-18(11-5-13)25(23,24)22-16-8-6-15(7-9-16)21-17-3-1-2-14(20)12-17/h1-12,21-22H. The largest absolute Gasteiger partial charge is 0.355 e. The zero-order valence-electron chi connectivity index (χ0n) is 12.9. The summed E-state index contributed by atoms with van der Waals surface area (Å²) in [4.78, 5) is -0.0316. The van der Waals surface area contributed by atoms with Crippen LogP contribution in [0.25, 0.3) is 0 Å². The topological polar surface area (TPSA) is 58.2 Å². The van der Waals surface area contributed by atoms with Gasteiger partial charge in [0.25, 0.3) is 10.0 Å². The highest BCUT2D eigenvalue weighted by atomic mass is 32.2. The molecule has 0 unspecified atom stereocenters. The minimum atomic E-state index is -3.79. The third-order valence-corrected chi connectivity index (χ3v) is 4.77. The SMILES string of the molecule is O=S(=O)(Nc1ccc(Nc2cccc(F)c2)cc1)c1ccc(F)cc1. The minimum absolute atomic E-state index is 0.0316. The minimum Gasteiger partial charge on any atom is -0.355 e. The van der Waals surface area contributed by atoms with Gasteiger partial charge in [-0.1, -0.05) is 6.07 Å². The van der Waals surface area contributed by atoms with Gasteiger partial charge in [0, 0.05) is 17.1 Å². The van der Waals surface area contributed by atoms with Crippen molar-refractivity contribution in [2.75, 3.05) is 10.0 Å². The summed E-state index contributed by atoms with van der Waals surface area (Å²) >= 11 is 0. The highest BCUT2D eigenvalue weighted by Crippen LogP contribution is 2.21. The summed E-state index contributed by atoms with van der Waals surface area (Å²) in [5.74, 6) is -0.861. The van der Waals surface area contributed by atoms with Gasteiger partial charge in [0.15, 0.2) is 0 Å². The Labute approximate surface area is 144 Å². The molecule has 0 bridgehead atoms. The van der Waals surface area contributed by atoms with Gasteiger partial charge in [-0.15, -0.1) is 0 Å². The summed E-state index contributed by atoms with van der Waals surface area (Å²) in [7, 11) is -3.79. The number of hydrogen-bond donors (Lipinski definition) is 2. The van der Waals surface area contributed by atoms with Crippen molar-refractivity contribution in [2.24, 2.45) is 0 Å². The molecule has 0 aliphatic rings. The number of sulfonamides is 1. The average molecular weight is 360 g/mol. The summed E-state index contributed by atoms with van der Waals surface area (Å²) < 4.78 is 53.0. The number of benzene rings is 3. The fourth-order valence-electron chi connectivity index (χ4n) is 2.18. The summed E-state index contributed by atoms with van der Waals surface area (Å²) in [5.41, 5.74) is 1.61. The van der Waals surface area contributed by atoms with E-state index in [0.717, 1.165) is 12.1 Å². The van der Waals surface area contributed by atoms with E-state index in [0.29, 0.717) is 17.1 Å². The second-order valence-corrected chi connectivity index (χ2v) is 6.95. The van der Waals surface area contributed by atoms with Crippen LogP contribution in [-0.2, 0) is 10.0 Å². The lowest BCUT2D eigenvalue weighted by molar-refractivity contribution is 0.599. The zero-order chi connectivity index (χ0) is 17.9. The normalized spacial score (nSPS) is 11.1. The van der Waals surface area contributed by atoms with Crippen LogP contribution < -0.4 is 10.0 Å². The van der Waals surface area contributed by atoms with E-state index in [1.165, 1.54) is 24.3 Å². The molecule has 3 aromatic rings. The smallest absolute Gasteiger partial charge is 0.261 e. The first kappa shape index (κ1) is 16.9. The molecule has 3 rings (SSSR count). The van der Waals surface area contributed by atoms with E-state index < -0.39 is 15.8 Å². The van der Waals surface area contributed by atoms with Crippen LogP contribution in [0.4, 0.5) is 25.8 Å². The molecule has 0 aliphatic heterocycles. The maximum absolute atomic E-state index is 13.2. The molecule has 0 amide bonds. The maximum atomic E-state index is 13.2. The van der Waals surface area contributed by atoms with Gasteiger partial charge in [-0.2, -0.15) is 0 Å². The first-order valence-electron chi connectivity index (χ1n) is 7.33. The fraction of sp³-hybridized carbons (Fsp3) is 0. The Morgan fingerprint density at radius 2 is 1.32 bits per heavy atom. The van der Waals surface area contributed by atoms with E-state index in [-0.39, 0.29) is 10.7 Å². The molecule has 0 spiro atoms. The highest BCUT2D eigenvalue weighted by Gasteiger charge is 2.14. The van der Waals surface area contributed by atoms with Crippen molar-refractivity contribution in [3.8, 4) is 0 Å². The Morgan fingerprint density at radius 1 is 0.680 bits per heavy atom. The summed E-state index contributed by atoms with van der Waals surface area (Å²) in [6, 6.07) is 17.0. The maximum Gasteiger partial charge on any atom is 0.261 e. The lowest BCUT2D eigenvalue weighted by Crippen LogP contribution is -2.12. The van der Waals surface area contributed by atoms with Crippen molar-refractivity contribution in [1.29, 1.82) is 0 Å². The van der Waals surface area contributed by atoms with Crippen LogP contribution in [0.1, 0.15) is 0 Å². The quantitative estimate of drug-likeness (QED) is 0.704. The van der Waals surface area contributed by atoms with Gasteiger partial charge in [-0.05, 0) is 66.7 Å². The van der Waals surface area contributed by atoms with Crippen molar-refractivity contribution in [3.05, 3.63) is 84.4 Å². The van der Waals surface area contributed by atoms with Crippen molar-refractivity contribution in [1.82, 2.24) is 0 Å². The first-order chi connectivity index (χ1) is 11.9. The summed E-state index contributed by atoms with van der Waals surface area (Å²) in [6.07, 6.45) is 0. The van der Waals surface area contributed by atoms with Crippen LogP contribution >= 0.6 is 0 Å². The predicted molar refractivity (Wildman–Crippen MR) is 93.3 cm³/mol. The molecule has 0 radical (unpaired) electrons. The molecule has 0 saturated heterocycles.